The second kappa shape index (κ2) is 7.68. The standard InChI is InChI=1S/C19H18Cl2N2O5S/c20-14-9-12(10-15(21)18(14)24)19(25)23-7-8-28-17-4-3-13(11-16(17)23)29(26,27)22-5-1-2-6-22/h3-4,9-11,24H,1-2,5-8H2. The molecule has 2 aliphatic rings. The summed E-state index contributed by atoms with van der Waals surface area (Å²) in [5.41, 5.74) is 0.542. The lowest BCUT2D eigenvalue weighted by Gasteiger charge is -2.30. The molecule has 2 heterocycles. The molecule has 1 fully saturated rings. The molecule has 1 saturated heterocycles. The number of phenolic OH excluding ortho intramolecular Hbond substituents is 1. The molecule has 0 spiro atoms. The van der Waals surface area contributed by atoms with Crippen LogP contribution in [-0.2, 0) is 10.0 Å². The first-order valence-electron chi connectivity index (χ1n) is 9.06. The molecule has 29 heavy (non-hydrogen) atoms. The molecule has 1 N–H and O–H groups in total. The van der Waals surface area contributed by atoms with Gasteiger partial charge in [0.05, 0.1) is 27.2 Å². The zero-order valence-electron chi connectivity index (χ0n) is 15.3. The van der Waals surface area contributed by atoms with Crippen molar-refractivity contribution in [3.8, 4) is 11.5 Å². The van der Waals surface area contributed by atoms with Crippen LogP contribution in [0.2, 0.25) is 10.0 Å². The number of nitrogens with zero attached hydrogens (tertiary/aromatic N) is 2. The summed E-state index contributed by atoms with van der Waals surface area (Å²) in [6, 6.07) is 7.17. The van der Waals surface area contributed by atoms with Crippen molar-refractivity contribution in [1.29, 1.82) is 0 Å². The number of phenols is 1. The number of ether oxygens (including phenoxy) is 1. The molecule has 154 valence electrons. The number of rotatable bonds is 3. The van der Waals surface area contributed by atoms with Gasteiger partial charge in [-0.1, -0.05) is 23.2 Å². The Morgan fingerprint density at radius 3 is 2.34 bits per heavy atom. The van der Waals surface area contributed by atoms with Crippen LogP contribution in [0.1, 0.15) is 23.2 Å². The van der Waals surface area contributed by atoms with E-state index in [1.165, 1.54) is 33.5 Å². The SMILES string of the molecule is O=C(c1cc(Cl)c(O)c(Cl)c1)N1CCOc2ccc(S(=O)(=O)N3CCCC3)cc21. The maximum absolute atomic E-state index is 13.1. The summed E-state index contributed by atoms with van der Waals surface area (Å²) in [5.74, 6) is -0.304. The van der Waals surface area contributed by atoms with Gasteiger partial charge in [-0.15, -0.1) is 0 Å². The Morgan fingerprint density at radius 2 is 1.69 bits per heavy atom. The van der Waals surface area contributed by atoms with E-state index in [1.54, 1.807) is 6.07 Å². The molecular weight excluding hydrogens is 439 g/mol. The smallest absolute Gasteiger partial charge is 0.258 e. The number of aromatic hydroxyl groups is 1. The molecule has 1 amide bonds. The summed E-state index contributed by atoms with van der Waals surface area (Å²) in [6.45, 7) is 1.47. The minimum absolute atomic E-state index is 0.0419. The summed E-state index contributed by atoms with van der Waals surface area (Å²) in [5, 5.41) is 9.65. The molecule has 4 rings (SSSR count). The first-order valence-corrected chi connectivity index (χ1v) is 11.3. The molecule has 0 aromatic heterocycles. The van der Waals surface area contributed by atoms with Gasteiger partial charge in [0.2, 0.25) is 10.0 Å². The molecule has 0 aliphatic carbocycles. The van der Waals surface area contributed by atoms with Gasteiger partial charge in [-0.2, -0.15) is 4.31 Å². The summed E-state index contributed by atoms with van der Waals surface area (Å²) in [7, 11) is -3.64. The van der Waals surface area contributed by atoms with Crippen LogP contribution in [0.5, 0.6) is 11.5 Å². The van der Waals surface area contributed by atoms with Crippen LogP contribution in [0.3, 0.4) is 0 Å². The van der Waals surface area contributed by atoms with Gasteiger partial charge in [-0.05, 0) is 43.2 Å². The second-order valence-corrected chi connectivity index (χ2v) is 9.59. The number of amides is 1. The van der Waals surface area contributed by atoms with Gasteiger partial charge in [0.25, 0.3) is 5.91 Å². The van der Waals surface area contributed by atoms with Gasteiger partial charge < -0.3 is 14.7 Å². The highest BCUT2D eigenvalue weighted by Crippen LogP contribution is 2.38. The van der Waals surface area contributed by atoms with Gasteiger partial charge in [0, 0.05) is 18.7 Å². The fourth-order valence-electron chi connectivity index (χ4n) is 3.49. The molecule has 0 atom stereocenters. The molecular formula is C19H18Cl2N2O5S. The number of hydrogen-bond donors (Lipinski definition) is 1. The molecule has 0 unspecified atom stereocenters. The Hall–Kier alpha value is -2.00. The van der Waals surface area contributed by atoms with Crippen molar-refractivity contribution in [2.45, 2.75) is 17.7 Å². The number of fused-ring (bicyclic) bond motifs is 1. The zero-order valence-corrected chi connectivity index (χ0v) is 17.6. The van der Waals surface area contributed by atoms with Crippen LogP contribution < -0.4 is 9.64 Å². The van der Waals surface area contributed by atoms with E-state index in [0.29, 0.717) is 24.5 Å². The fraction of sp³-hybridized carbons (Fsp3) is 0.316. The Kier molecular flexibility index (Phi) is 5.37. The summed E-state index contributed by atoms with van der Waals surface area (Å²) in [4.78, 5) is 14.7. The third kappa shape index (κ3) is 3.66. The predicted molar refractivity (Wildman–Crippen MR) is 110 cm³/mol. The van der Waals surface area contributed by atoms with E-state index in [2.05, 4.69) is 0 Å². The van der Waals surface area contributed by atoms with Crippen molar-refractivity contribution >= 4 is 44.8 Å². The second-order valence-electron chi connectivity index (χ2n) is 6.83. The highest BCUT2D eigenvalue weighted by Gasteiger charge is 2.31. The van der Waals surface area contributed by atoms with Crippen molar-refractivity contribution in [1.82, 2.24) is 4.31 Å². The largest absolute Gasteiger partial charge is 0.505 e. The number of sulfonamides is 1. The molecule has 2 aliphatic heterocycles. The lowest BCUT2D eigenvalue weighted by Crippen LogP contribution is -2.38. The molecule has 2 aromatic rings. The number of carbonyl (C=O) groups is 1. The van der Waals surface area contributed by atoms with E-state index >= 15 is 0 Å². The van der Waals surface area contributed by atoms with Crippen LogP contribution in [0.4, 0.5) is 5.69 Å². The van der Waals surface area contributed by atoms with Gasteiger partial charge >= 0.3 is 0 Å². The van der Waals surface area contributed by atoms with Gasteiger partial charge in [0.1, 0.15) is 12.4 Å². The molecule has 10 heteroatoms. The minimum Gasteiger partial charge on any atom is -0.505 e. The van der Waals surface area contributed by atoms with E-state index < -0.39 is 15.9 Å². The topological polar surface area (TPSA) is 87.1 Å². The monoisotopic (exact) mass is 456 g/mol. The van der Waals surface area contributed by atoms with Crippen molar-refractivity contribution in [3.05, 3.63) is 45.9 Å². The van der Waals surface area contributed by atoms with Gasteiger partial charge in [-0.25, -0.2) is 8.42 Å². The molecule has 0 saturated carbocycles. The normalized spacial score (nSPS) is 17.1. The van der Waals surface area contributed by atoms with Crippen molar-refractivity contribution in [2.75, 3.05) is 31.1 Å². The highest BCUT2D eigenvalue weighted by molar-refractivity contribution is 7.89. The zero-order chi connectivity index (χ0) is 20.8. The maximum atomic E-state index is 13.1. The van der Waals surface area contributed by atoms with Crippen molar-refractivity contribution in [2.24, 2.45) is 0 Å². The number of hydrogen-bond acceptors (Lipinski definition) is 5. The first-order chi connectivity index (χ1) is 13.8. The summed E-state index contributed by atoms with van der Waals surface area (Å²) < 4.78 is 32.9. The Bertz CT molecular complexity index is 1060. The highest BCUT2D eigenvalue weighted by atomic mass is 35.5. The van der Waals surface area contributed by atoms with Crippen LogP contribution >= 0.6 is 23.2 Å². The third-order valence-electron chi connectivity index (χ3n) is 5.01. The van der Waals surface area contributed by atoms with Crippen LogP contribution in [-0.4, -0.2) is 50.0 Å². The van der Waals surface area contributed by atoms with E-state index in [9.17, 15) is 18.3 Å². The van der Waals surface area contributed by atoms with Gasteiger partial charge in [-0.3, -0.25) is 4.79 Å². The first kappa shape index (κ1) is 20.3. The molecule has 7 nitrogen and oxygen atoms in total. The average molecular weight is 457 g/mol. The summed E-state index contributed by atoms with van der Waals surface area (Å²) in [6.07, 6.45) is 1.67. The Labute approximate surface area is 178 Å². The van der Waals surface area contributed by atoms with E-state index in [4.69, 9.17) is 27.9 Å². The lowest BCUT2D eigenvalue weighted by molar-refractivity contribution is 0.0976. The number of halogens is 2. The average Bonchev–Trinajstić information content (AvgIpc) is 3.26. The van der Waals surface area contributed by atoms with Crippen LogP contribution in [0, 0.1) is 0 Å². The van der Waals surface area contributed by atoms with Crippen LogP contribution in [0.25, 0.3) is 0 Å². The van der Waals surface area contributed by atoms with E-state index in [1.807, 2.05) is 0 Å². The Morgan fingerprint density at radius 1 is 1.03 bits per heavy atom. The Balaban J connectivity index is 1.73. The minimum atomic E-state index is -3.64. The third-order valence-corrected chi connectivity index (χ3v) is 7.48. The quantitative estimate of drug-likeness (QED) is 0.762. The maximum Gasteiger partial charge on any atom is 0.258 e. The fourth-order valence-corrected chi connectivity index (χ4v) is 5.52. The summed E-state index contributed by atoms with van der Waals surface area (Å²) >= 11 is 11.9. The lowest BCUT2D eigenvalue weighted by atomic mass is 10.1. The van der Waals surface area contributed by atoms with Crippen molar-refractivity contribution < 1.29 is 23.1 Å². The van der Waals surface area contributed by atoms with E-state index in [-0.39, 0.29) is 39.4 Å². The van der Waals surface area contributed by atoms with Gasteiger partial charge in [0.15, 0.2) is 5.75 Å². The number of anilines is 1. The number of benzene rings is 2. The molecule has 0 bridgehead atoms. The number of carbonyl (C=O) groups excluding carboxylic acids is 1. The predicted octanol–water partition coefficient (Wildman–Crippen LogP) is 3.52. The molecule has 0 radical (unpaired) electrons. The van der Waals surface area contributed by atoms with Crippen molar-refractivity contribution in [3.63, 3.8) is 0 Å². The molecule has 2 aromatic carbocycles. The van der Waals surface area contributed by atoms with Crippen LogP contribution in [0.15, 0.2) is 35.2 Å². The van der Waals surface area contributed by atoms with E-state index in [0.717, 1.165) is 12.8 Å².